The van der Waals surface area contributed by atoms with Crippen LogP contribution in [-0.4, -0.2) is 73.5 Å². The van der Waals surface area contributed by atoms with E-state index < -0.39 is 0 Å². The lowest BCUT2D eigenvalue weighted by Crippen LogP contribution is -2.41. The Balaban J connectivity index is 1.48. The largest absolute Gasteiger partial charge is 0.379 e. The van der Waals surface area contributed by atoms with Crippen LogP contribution in [0, 0.1) is 0 Å². The van der Waals surface area contributed by atoms with Gasteiger partial charge in [0.25, 0.3) is 5.91 Å². The molecule has 0 atom stereocenters. The minimum Gasteiger partial charge on any atom is -0.379 e. The molecule has 144 valence electrons. The van der Waals surface area contributed by atoms with Crippen LogP contribution in [0.25, 0.3) is 10.8 Å². The summed E-state index contributed by atoms with van der Waals surface area (Å²) in [5.41, 5.74) is 0.410. The van der Waals surface area contributed by atoms with Crippen LogP contribution in [0.1, 0.15) is 29.8 Å². The first-order valence-electron chi connectivity index (χ1n) is 9.91. The normalized spacial score (nSPS) is 18.6. The molecule has 4 rings (SSSR count). The molecule has 0 radical (unpaired) electrons. The molecule has 7 nitrogen and oxygen atoms in total. The molecular formula is C20H27N5O2. The summed E-state index contributed by atoms with van der Waals surface area (Å²) >= 11 is 0. The lowest BCUT2D eigenvalue weighted by atomic mass is 10.1. The third kappa shape index (κ3) is 4.20. The first kappa shape index (κ1) is 18.1. The Morgan fingerprint density at radius 3 is 2.52 bits per heavy atom. The molecule has 2 aliphatic heterocycles. The van der Waals surface area contributed by atoms with Crippen LogP contribution in [0.15, 0.2) is 24.3 Å². The first-order valence-corrected chi connectivity index (χ1v) is 9.91. The average Bonchev–Trinajstić information content (AvgIpc) is 2.74. The molecule has 1 N–H and O–H groups in total. The molecular weight excluding hydrogens is 342 g/mol. The van der Waals surface area contributed by atoms with Crippen LogP contribution in [0.3, 0.4) is 0 Å². The van der Waals surface area contributed by atoms with Gasteiger partial charge in [-0.1, -0.05) is 24.3 Å². The van der Waals surface area contributed by atoms with Gasteiger partial charge in [0.1, 0.15) is 0 Å². The zero-order valence-corrected chi connectivity index (χ0v) is 15.7. The number of carbonyl (C=O) groups excluding carboxylic acids is 1. The number of amides is 1. The Morgan fingerprint density at radius 1 is 1.00 bits per heavy atom. The first-order chi connectivity index (χ1) is 13.3. The highest BCUT2D eigenvalue weighted by molar-refractivity contribution is 6.07. The van der Waals surface area contributed by atoms with Gasteiger partial charge in [0, 0.05) is 50.0 Å². The van der Waals surface area contributed by atoms with E-state index in [0.29, 0.717) is 12.2 Å². The molecule has 27 heavy (non-hydrogen) atoms. The molecule has 1 amide bonds. The van der Waals surface area contributed by atoms with E-state index in [9.17, 15) is 4.79 Å². The van der Waals surface area contributed by atoms with Crippen LogP contribution < -0.4 is 10.2 Å². The number of nitrogens with one attached hydrogen (secondary N) is 1. The standard InChI is InChI=1S/C20H27N5O2/c26-20(21-8-11-24-12-14-27-15-13-24)18-16-6-2-3-7-17(16)19(23-22-18)25-9-4-1-5-10-25/h2-3,6-7H,1,4-5,8-15H2,(H,21,26). The van der Waals surface area contributed by atoms with Crippen molar-refractivity contribution in [2.75, 3.05) is 57.4 Å². The van der Waals surface area contributed by atoms with Gasteiger partial charge in [-0.2, -0.15) is 0 Å². The molecule has 0 unspecified atom stereocenters. The van der Waals surface area contributed by atoms with Crippen molar-refractivity contribution in [3.63, 3.8) is 0 Å². The summed E-state index contributed by atoms with van der Waals surface area (Å²) in [6.07, 6.45) is 3.63. The highest BCUT2D eigenvalue weighted by Gasteiger charge is 2.20. The molecule has 0 aliphatic carbocycles. The number of ether oxygens (including phenoxy) is 1. The number of fused-ring (bicyclic) bond motifs is 1. The van der Waals surface area contributed by atoms with E-state index in [4.69, 9.17) is 4.74 Å². The van der Waals surface area contributed by atoms with Gasteiger partial charge in [0.05, 0.1) is 13.2 Å². The van der Waals surface area contributed by atoms with Gasteiger partial charge < -0.3 is 15.0 Å². The highest BCUT2D eigenvalue weighted by atomic mass is 16.5. The fourth-order valence-electron chi connectivity index (χ4n) is 3.83. The number of benzene rings is 1. The predicted molar refractivity (Wildman–Crippen MR) is 105 cm³/mol. The molecule has 2 aromatic rings. The maximum Gasteiger partial charge on any atom is 0.272 e. The molecule has 0 bridgehead atoms. The summed E-state index contributed by atoms with van der Waals surface area (Å²) < 4.78 is 5.35. The zero-order chi connectivity index (χ0) is 18.5. The number of carbonyl (C=O) groups is 1. The summed E-state index contributed by atoms with van der Waals surface area (Å²) in [5.74, 6) is 0.743. The van der Waals surface area contributed by atoms with Crippen molar-refractivity contribution in [1.82, 2.24) is 20.4 Å². The Morgan fingerprint density at radius 2 is 1.74 bits per heavy atom. The number of anilines is 1. The van der Waals surface area contributed by atoms with Gasteiger partial charge in [-0.3, -0.25) is 9.69 Å². The van der Waals surface area contributed by atoms with Crippen molar-refractivity contribution in [1.29, 1.82) is 0 Å². The van der Waals surface area contributed by atoms with Gasteiger partial charge in [-0.25, -0.2) is 0 Å². The monoisotopic (exact) mass is 369 g/mol. The number of morpholine rings is 1. The van der Waals surface area contributed by atoms with Crippen molar-refractivity contribution in [3.05, 3.63) is 30.0 Å². The Hall–Kier alpha value is -2.25. The molecule has 3 heterocycles. The van der Waals surface area contributed by atoms with Crippen molar-refractivity contribution >= 4 is 22.5 Å². The minimum absolute atomic E-state index is 0.155. The van der Waals surface area contributed by atoms with Gasteiger partial charge in [-0.15, -0.1) is 10.2 Å². The number of hydrogen-bond acceptors (Lipinski definition) is 6. The Labute approximate surface area is 159 Å². The van der Waals surface area contributed by atoms with Crippen molar-refractivity contribution in [3.8, 4) is 0 Å². The van der Waals surface area contributed by atoms with Crippen molar-refractivity contribution < 1.29 is 9.53 Å². The minimum atomic E-state index is -0.155. The maximum absolute atomic E-state index is 12.7. The van der Waals surface area contributed by atoms with Gasteiger partial charge in [-0.05, 0) is 19.3 Å². The van der Waals surface area contributed by atoms with E-state index >= 15 is 0 Å². The third-order valence-electron chi connectivity index (χ3n) is 5.36. The molecule has 1 aromatic carbocycles. The Kier molecular flexibility index (Phi) is 5.79. The SMILES string of the molecule is O=C(NCCN1CCOCC1)c1nnc(N2CCCCC2)c2ccccc12. The molecule has 0 saturated carbocycles. The van der Waals surface area contributed by atoms with Gasteiger partial charge in [0.2, 0.25) is 0 Å². The smallest absolute Gasteiger partial charge is 0.272 e. The van der Waals surface area contributed by atoms with Crippen LogP contribution in [-0.2, 0) is 4.74 Å². The zero-order valence-electron chi connectivity index (χ0n) is 15.7. The lowest BCUT2D eigenvalue weighted by molar-refractivity contribution is 0.0383. The van der Waals surface area contributed by atoms with Gasteiger partial charge in [0.15, 0.2) is 11.5 Å². The summed E-state index contributed by atoms with van der Waals surface area (Å²) in [7, 11) is 0. The molecule has 2 fully saturated rings. The molecule has 2 saturated heterocycles. The number of rotatable bonds is 5. The highest BCUT2D eigenvalue weighted by Crippen LogP contribution is 2.27. The molecule has 1 aromatic heterocycles. The van der Waals surface area contributed by atoms with Crippen LogP contribution in [0.5, 0.6) is 0 Å². The van der Waals surface area contributed by atoms with E-state index in [2.05, 4.69) is 25.3 Å². The summed E-state index contributed by atoms with van der Waals surface area (Å²) in [4.78, 5) is 17.3. The molecule has 0 spiro atoms. The Bertz CT molecular complexity index is 785. The van der Waals surface area contributed by atoms with E-state index in [0.717, 1.165) is 62.5 Å². The fraction of sp³-hybridized carbons (Fsp3) is 0.550. The van der Waals surface area contributed by atoms with Crippen LogP contribution in [0.4, 0.5) is 5.82 Å². The maximum atomic E-state index is 12.7. The van der Waals surface area contributed by atoms with Crippen LogP contribution in [0.2, 0.25) is 0 Å². The fourth-order valence-corrected chi connectivity index (χ4v) is 3.83. The average molecular weight is 369 g/mol. The third-order valence-corrected chi connectivity index (χ3v) is 5.36. The summed E-state index contributed by atoms with van der Waals surface area (Å²) in [6.45, 7) is 6.80. The summed E-state index contributed by atoms with van der Waals surface area (Å²) in [5, 5.41) is 13.6. The number of piperidine rings is 1. The predicted octanol–water partition coefficient (Wildman–Crippen LogP) is 1.68. The molecule has 7 heteroatoms. The quantitative estimate of drug-likeness (QED) is 0.865. The van der Waals surface area contributed by atoms with Crippen molar-refractivity contribution in [2.45, 2.75) is 19.3 Å². The van der Waals surface area contributed by atoms with E-state index in [1.165, 1.54) is 19.3 Å². The number of aromatic nitrogens is 2. The second-order valence-corrected chi connectivity index (χ2v) is 7.18. The van der Waals surface area contributed by atoms with Gasteiger partial charge >= 0.3 is 0 Å². The second kappa shape index (κ2) is 8.63. The van der Waals surface area contributed by atoms with Crippen molar-refractivity contribution in [2.24, 2.45) is 0 Å². The van der Waals surface area contributed by atoms with E-state index in [1.807, 2.05) is 24.3 Å². The van der Waals surface area contributed by atoms with E-state index in [1.54, 1.807) is 0 Å². The second-order valence-electron chi connectivity index (χ2n) is 7.18. The number of nitrogens with zero attached hydrogens (tertiary/aromatic N) is 4. The van der Waals surface area contributed by atoms with E-state index in [-0.39, 0.29) is 5.91 Å². The van der Waals surface area contributed by atoms with Crippen LogP contribution >= 0.6 is 0 Å². The topological polar surface area (TPSA) is 70.6 Å². The number of hydrogen-bond donors (Lipinski definition) is 1. The molecule has 2 aliphatic rings. The summed E-state index contributed by atoms with van der Waals surface area (Å²) in [6, 6.07) is 7.96. The lowest BCUT2D eigenvalue weighted by Gasteiger charge is -2.28.